The van der Waals surface area contributed by atoms with Crippen molar-refractivity contribution >= 4 is 21.4 Å². The molecule has 2 aliphatic heterocycles. The van der Waals surface area contributed by atoms with Gasteiger partial charge in [-0.15, -0.1) is 0 Å². The van der Waals surface area contributed by atoms with Gasteiger partial charge in [0.1, 0.15) is 5.75 Å². The van der Waals surface area contributed by atoms with E-state index in [0.29, 0.717) is 11.4 Å². The Balaban J connectivity index is 1.55. The maximum Gasteiger partial charge on any atom is 0.264 e. The Morgan fingerprint density at radius 2 is 1.65 bits per heavy atom. The Morgan fingerprint density at radius 1 is 0.935 bits per heavy atom. The maximum atomic E-state index is 13.6. The summed E-state index contributed by atoms with van der Waals surface area (Å²) in [6.07, 6.45) is 0.949. The van der Waals surface area contributed by atoms with Gasteiger partial charge in [0.25, 0.3) is 10.0 Å². The third-order valence-corrected chi connectivity index (χ3v) is 8.25. The third-order valence-electron chi connectivity index (χ3n) is 6.46. The SMILES string of the molecule is COc1ccc(N2CC[C@H]3CN(S(=O)(=O)c4ccc(C)cc4)c4ccccc4[C@H]32)cc1. The van der Waals surface area contributed by atoms with Gasteiger partial charge >= 0.3 is 0 Å². The number of hydrogen-bond donors (Lipinski definition) is 0. The van der Waals surface area contributed by atoms with Gasteiger partial charge in [-0.2, -0.15) is 0 Å². The predicted molar refractivity (Wildman–Crippen MR) is 123 cm³/mol. The highest BCUT2D eigenvalue weighted by atomic mass is 32.2. The number of ether oxygens (including phenoxy) is 1. The number of sulfonamides is 1. The molecule has 0 unspecified atom stereocenters. The second-order valence-electron chi connectivity index (χ2n) is 8.29. The van der Waals surface area contributed by atoms with Gasteiger partial charge in [-0.1, -0.05) is 35.9 Å². The summed E-state index contributed by atoms with van der Waals surface area (Å²) in [5.74, 6) is 1.07. The van der Waals surface area contributed by atoms with Crippen LogP contribution in [0, 0.1) is 12.8 Å². The molecule has 5 nitrogen and oxygen atoms in total. The number of methoxy groups -OCH3 is 1. The summed E-state index contributed by atoms with van der Waals surface area (Å²) < 4.78 is 34.1. The van der Waals surface area contributed by atoms with E-state index in [4.69, 9.17) is 4.74 Å². The van der Waals surface area contributed by atoms with Gasteiger partial charge in [0, 0.05) is 24.7 Å². The minimum atomic E-state index is -3.62. The van der Waals surface area contributed by atoms with E-state index in [9.17, 15) is 8.42 Å². The number of aryl methyl sites for hydroxylation is 1. The summed E-state index contributed by atoms with van der Waals surface area (Å²) in [6, 6.07) is 23.3. The first-order chi connectivity index (χ1) is 15.0. The van der Waals surface area contributed by atoms with Gasteiger partial charge in [-0.3, -0.25) is 4.31 Å². The molecule has 3 aromatic rings. The van der Waals surface area contributed by atoms with Gasteiger partial charge in [0.05, 0.1) is 23.7 Å². The van der Waals surface area contributed by atoms with E-state index >= 15 is 0 Å². The molecular weight excluding hydrogens is 408 g/mol. The van der Waals surface area contributed by atoms with Crippen LogP contribution in [0.4, 0.5) is 11.4 Å². The van der Waals surface area contributed by atoms with Crippen molar-refractivity contribution in [2.45, 2.75) is 24.3 Å². The highest BCUT2D eigenvalue weighted by Gasteiger charge is 2.44. The smallest absolute Gasteiger partial charge is 0.264 e. The fourth-order valence-electron chi connectivity index (χ4n) is 4.87. The molecular formula is C25H26N2O3S. The van der Waals surface area contributed by atoms with Crippen LogP contribution in [0.25, 0.3) is 0 Å². The number of hydrogen-bond acceptors (Lipinski definition) is 4. The molecule has 0 aromatic heterocycles. The quantitative estimate of drug-likeness (QED) is 0.593. The topological polar surface area (TPSA) is 49.9 Å². The van der Waals surface area contributed by atoms with Crippen molar-refractivity contribution < 1.29 is 13.2 Å². The van der Waals surface area contributed by atoms with Crippen molar-refractivity contribution in [1.82, 2.24) is 0 Å². The lowest BCUT2D eigenvalue weighted by molar-refractivity contribution is 0.414. The first-order valence-electron chi connectivity index (χ1n) is 10.6. The van der Waals surface area contributed by atoms with Crippen LogP contribution < -0.4 is 13.9 Å². The van der Waals surface area contributed by atoms with Crippen molar-refractivity contribution in [1.29, 1.82) is 0 Å². The zero-order valence-electron chi connectivity index (χ0n) is 17.7. The highest BCUT2D eigenvalue weighted by molar-refractivity contribution is 7.92. The normalized spacial score (nSPS) is 20.3. The summed E-state index contributed by atoms with van der Waals surface area (Å²) in [7, 11) is -1.96. The van der Waals surface area contributed by atoms with Crippen LogP contribution in [0.5, 0.6) is 5.75 Å². The number of para-hydroxylation sites is 1. The third kappa shape index (κ3) is 3.35. The maximum absolute atomic E-state index is 13.6. The molecule has 0 bridgehead atoms. The molecule has 3 aromatic carbocycles. The molecule has 6 heteroatoms. The van der Waals surface area contributed by atoms with Crippen LogP contribution in [-0.4, -0.2) is 28.6 Å². The zero-order valence-corrected chi connectivity index (χ0v) is 18.5. The van der Waals surface area contributed by atoms with Crippen LogP contribution in [-0.2, 0) is 10.0 Å². The number of nitrogens with zero attached hydrogens (tertiary/aromatic N) is 2. The molecule has 2 atom stereocenters. The first kappa shape index (κ1) is 19.9. The summed E-state index contributed by atoms with van der Waals surface area (Å²) in [6.45, 7) is 3.35. The van der Waals surface area contributed by atoms with Crippen LogP contribution in [0.15, 0.2) is 77.7 Å². The number of benzene rings is 3. The van der Waals surface area contributed by atoms with E-state index in [0.717, 1.165) is 41.2 Å². The van der Waals surface area contributed by atoms with E-state index < -0.39 is 10.0 Å². The summed E-state index contributed by atoms with van der Waals surface area (Å²) in [4.78, 5) is 2.75. The second-order valence-corrected chi connectivity index (χ2v) is 10.2. The molecule has 5 rings (SSSR count). The summed E-state index contributed by atoms with van der Waals surface area (Å²) in [5.41, 5.74) is 4.04. The Morgan fingerprint density at radius 3 is 2.35 bits per heavy atom. The molecule has 0 N–H and O–H groups in total. The van der Waals surface area contributed by atoms with Gasteiger partial charge in [-0.25, -0.2) is 8.42 Å². The molecule has 1 saturated heterocycles. The standard InChI is InChI=1S/C25H26N2O3S/c1-18-7-13-22(14-8-18)31(28,29)27-17-19-15-16-26(20-9-11-21(30-2)12-10-20)25(19)23-5-3-4-6-24(23)27/h3-14,19,25H,15-17H2,1-2H3/t19-,25-/m0/s1. The molecule has 1 fully saturated rings. The fourth-order valence-corrected chi connectivity index (χ4v) is 6.42. The van der Waals surface area contributed by atoms with Gasteiger partial charge in [0.15, 0.2) is 0 Å². The monoisotopic (exact) mass is 434 g/mol. The van der Waals surface area contributed by atoms with Crippen LogP contribution in [0.1, 0.15) is 23.6 Å². The van der Waals surface area contributed by atoms with Gasteiger partial charge in [0.2, 0.25) is 0 Å². The number of anilines is 2. The lowest BCUT2D eigenvalue weighted by atomic mass is 9.89. The fraction of sp³-hybridized carbons (Fsp3) is 0.280. The Labute approximate surface area is 183 Å². The minimum Gasteiger partial charge on any atom is -0.497 e. The van der Waals surface area contributed by atoms with Crippen molar-refractivity contribution in [3.63, 3.8) is 0 Å². The van der Waals surface area contributed by atoms with E-state index in [-0.39, 0.29) is 12.0 Å². The number of rotatable bonds is 4. The van der Waals surface area contributed by atoms with E-state index in [1.165, 1.54) is 0 Å². The predicted octanol–water partition coefficient (Wildman–Crippen LogP) is 4.78. The van der Waals surface area contributed by atoms with Crippen molar-refractivity contribution in [3.05, 3.63) is 83.9 Å². The second kappa shape index (κ2) is 7.61. The van der Waals surface area contributed by atoms with E-state index in [1.54, 1.807) is 23.5 Å². The number of fused-ring (bicyclic) bond motifs is 3. The molecule has 0 saturated carbocycles. The van der Waals surface area contributed by atoms with Crippen LogP contribution >= 0.6 is 0 Å². The minimum absolute atomic E-state index is 0.161. The lowest BCUT2D eigenvalue weighted by Crippen LogP contribution is -2.42. The van der Waals surface area contributed by atoms with E-state index in [1.807, 2.05) is 49.4 Å². The molecule has 0 spiro atoms. The molecule has 2 aliphatic rings. The van der Waals surface area contributed by atoms with Crippen LogP contribution in [0.3, 0.4) is 0 Å². The van der Waals surface area contributed by atoms with E-state index in [2.05, 4.69) is 23.1 Å². The highest BCUT2D eigenvalue weighted by Crippen LogP contribution is 2.48. The molecule has 0 aliphatic carbocycles. The van der Waals surface area contributed by atoms with Crippen molar-refractivity contribution in [3.8, 4) is 5.75 Å². The Kier molecular flexibility index (Phi) is 4.89. The molecule has 0 radical (unpaired) electrons. The molecule has 2 heterocycles. The molecule has 0 amide bonds. The lowest BCUT2D eigenvalue weighted by Gasteiger charge is -2.40. The van der Waals surface area contributed by atoms with Crippen LogP contribution in [0.2, 0.25) is 0 Å². The largest absolute Gasteiger partial charge is 0.497 e. The molecule has 160 valence electrons. The average Bonchev–Trinajstić information content (AvgIpc) is 3.23. The van der Waals surface area contributed by atoms with Crippen molar-refractivity contribution in [2.75, 3.05) is 29.4 Å². The Bertz CT molecular complexity index is 1190. The summed E-state index contributed by atoms with van der Waals surface area (Å²) >= 11 is 0. The van der Waals surface area contributed by atoms with Crippen molar-refractivity contribution in [2.24, 2.45) is 5.92 Å². The first-order valence-corrected chi connectivity index (χ1v) is 12.0. The van der Waals surface area contributed by atoms with Gasteiger partial charge < -0.3 is 9.64 Å². The summed E-state index contributed by atoms with van der Waals surface area (Å²) in [5, 5.41) is 0. The van der Waals surface area contributed by atoms with Gasteiger partial charge in [-0.05, 0) is 61.4 Å². The Hall–Kier alpha value is -2.99. The average molecular weight is 435 g/mol. The zero-order chi connectivity index (χ0) is 21.6. The molecule has 31 heavy (non-hydrogen) atoms.